The number of anilines is 1. The molecule has 0 bridgehead atoms. The van der Waals surface area contributed by atoms with E-state index in [9.17, 15) is 0 Å². The lowest BCUT2D eigenvalue weighted by atomic mass is 10.0. The highest BCUT2D eigenvalue weighted by Gasteiger charge is 2.14. The van der Waals surface area contributed by atoms with Gasteiger partial charge in [0.15, 0.2) is 5.82 Å². The van der Waals surface area contributed by atoms with Gasteiger partial charge in [-0.25, -0.2) is 9.97 Å². The minimum Gasteiger partial charge on any atom is -0.382 e. The van der Waals surface area contributed by atoms with E-state index >= 15 is 0 Å². The Morgan fingerprint density at radius 3 is 2.39 bits per heavy atom. The smallest absolute Gasteiger partial charge is 0.153 e. The van der Waals surface area contributed by atoms with Crippen LogP contribution in [0.4, 0.5) is 5.82 Å². The van der Waals surface area contributed by atoms with Gasteiger partial charge in [0.2, 0.25) is 0 Å². The third-order valence-corrected chi connectivity index (χ3v) is 2.71. The predicted octanol–water partition coefficient (Wildman–Crippen LogP) is 2.12. The number of aromatic nitrogens is 4. The molecule has 3 aromatic rings. The summed E-state index contributed by atoms with van der Waals surface area (Å²) in [6.45, 7) is 0. The van der Waals surface area contributed by atoms with E-state index in [1.54, 1.807) is 12.4 Å². The molecule has 0 aliphatic carbocycles. The Kier molecular flexibility index (Phi) is 2.49. The third-order valence-electron chi connectivity index (χ3n) is 2.71. The second-order valence-corrected chi connectivity index (χ2v) is 3.85. The number of H-pyrrole nitrogens is 1. The topological polar surface area (TPSA) is 80.5 Å². The van der Waals surface area contributed by atoms with Crippen LogP contribution in [0.2, 0.25) is 0 Å². The van der Waals surface area contributed by atoms with Gasteiger partial charge in [-0.3, -0.25) is 5.10 Å². The van der Waals surface area contributed by atoms with Crippen LogP contribution in [0, 0.1) is 0 Å². The first-order chi connectivity index (χ1) is 8.86. The lowest BCUT2D eigenvalue weighted by molar-refractivity contribution is 1.09. The Bertz CT molecular complexity index is 646. The third kappa shape index (κ3) is 1.71. The summed E-state index contributed by atoms with van der Waals surface area (Å²) >= 11 is 0. The van der Waals surface area contributed by atoms with Gasteiger partial charge in [-0.2, -0.15) is 5.10 Å². The monoisotopic (exact) mass is 237 g/mol. The van der Waals surface area contributed by atoms with Crippen LogP contribution in [0.25, 0.3) is 22.4 Å². The second kappa shape index (κ2) is 4.29. The summed E-state index contributed by atoms with van der Waals surface area (Å²) in [6.07, 6.45) is 4.95. The highest BCUT2D eigenvalue weighted by Crippen LogP contribution is 2.33. The molecule has 2 heterocycles. The molecule has 0 unspecified atom stereocenters. The first-order valence-electron chi connectivity index (χ1n) is 5.51. The number of nitrogen functional groups attached to an aromatic ring is 1. The number of hydrogen-bond donors (Lipinski definition) is 2. The quantitative estimate of drug-likeness (QED) is 0.715. The van der Waals surface area contributed by atoms with E-state index < -0.39 is 0 Å². The van der Waals surface area contributed by atoms with Gasteiger partial charge in [-0.05, 0) is 5.56 Å². The summed E-state index contributed by atoms with van der Waals surface area (Å²) in [5.74, 6) is 0.472. The molecule has 5 nitrogen and oxygen atoms in total. The molecule has 0 spiro atoms. The summed E-state index contributed by atoms with van der Waals surface area (Å²) < 4.78 is 0. The van der Waals surface area contributed by atoms with Crippen molar-refractivity contribution in [2.75, 3.05) is 5.73 Å². The standard InChI is InChI=1S/C13H11N5/c14-13-11(9-4-2-1-3-5-9)12(17-18-13)10-6-15-8-16-7-10/h1-8H,(H3,14,17,18). The summed E-state index contributed by atoms with van der Waals surface area (Å²) in [4.78, 5) is 8.01. The lowest BCUT2D eigenvalue weighted by Gasteiger charge is -2.03. The van der Waals surface area contributed by atoms with Gasteiger partial charge >= 0.3 is 0 Å². The Labute approximate surface area is 104 Å². The SMILES string of the molecule is Nc1n[nH]c(-c2cncnc2)c1-c1ccccc1. The van der Waals surface area contributed by atoms with Crippen molar-refractivity contribution < 1.29 is 0 Å². The van der Waals surface area contributed by atoms with Crippen molar-refractivity contribution in [1.82, 2.24) is 20.2 Å². The van der Waals surface area contributed by atoms with Gasteiger partial charge in [0.25, 0.3) is 0 Å². The molecule has 0 radical (unpaired) electrons. The maximum atomic E-state index is 5.93. The summed E-state index contributed by atoms with van der Waals surface area (Å²) in [5, 5.41) is 7.00. The zero-order valence-corrected chi connectivity index (χ0v) is 9.54. The molecule has 0 aliphatic rings. The van der Waals surface area contributed by atoms with Crippen LogP contribution >= 0.6 is 0 Å². The number of nitrogens with two attached hydrogens (primary N) is 1. The molecule has 3 rings (SSSR count). The average molecular weight is 237 g/mol. The van der Waals surface area contributed by atoms with E-state index in [0.29, 0.717) is 5.82 Å². The maximum Gasteiger partial charge on any atom is 0.153 e. The fourth-order valence-corrected chi connectivity index (χ4v) is 1.89. The van der Waals surface area contributed by atoms with Gasteiger partial charge in [0, 0.05) is 18.0 Å². The molecule has 3 N–H and O–H groups in total. The fourth-order valence-electron chi connectivity index (χ4n) is 1.89. The zero-order valence-electron chi connectivity index (χ0n) is 9.54. The van der Waals surface area contributed by atoms with Crippen LogP contribution < -0.4 is 5.73 Å². The molecule has 1 aromatic carbocycles. The number of rotatable bonds is 2. The van der Waals surface area contributed by atoms with Crippen molar-refractivity contribution >= 4 is 5.82 Å². The van der Waals surface area contributed by atoms with Crippen LogP contribution in [-0.4, -0.2) is 20.2 Å². The lowest BCUT2D eigenvalue weighted by Crippen LogP contribution is -1.89. The molecule has 0 saturated heterocycles. The normalized spacial score (nSPS) is 10.4. The van der Waals surface area contributed by atoms with Crippen molar-refractivity contribution in [1.29, 1.82) is 0 Å². The molecular formula is C13H11N5. The highest BCUT2D eigenvalue weighted by atomic mass is 15.2. The Hall–Kier alpha value is -2.69. The summed E-state index contributed by atoms with van der Waals surface area (Å²) in [5.41, 5.74) is 9.52. The summed E-state index contributed by atoms with van der Waals surface area (Å²) in [7, 11) is 0. The van der Waals surface area contributed by atoms with Gasteiger partial charge in [-0.1, -0.05) is 30.3 Å². The number of nitrogens with zero attached hydrogens (tertiary/aromatic N) is 3. The minimum atomic E-state index is 0.472. The molecule has 2 aromatic heterocycles. The Morgan fingerprint density at radius 1 is 0.944 bits per heavy atom. The van der Waals surface area contributed by atoms with E-state index in [4.69, 9.17) is 5.73 Å². The summed E-state index contributed by atoms with van der Waals surface area (Å²) in [6, 6.07) is 9.88. The maximum absolute atomic E-state index is 5.93. The van der Waals surface area contributed by atoms with Crippen LogP contribution in [0.5, 0.6) is 0 Å². The van der Waals surface area contributed by atoms with Crippen molar-refractivity contribution in [3.05, 3.63) is 49.1 Å². The molecule has 0 fully saturated rings. The number of nitrogens with one attached hydrogen (secondary N) is 1. The molecule has 0 aliphatic heterocycles. The van der Waals surface area contributed by atoms with Crippen LogP contribution in [-0.2, 0) is 0 Å². The highest BCUT2D eigenvalue weighted by molar-refractivity contribution is 5.87. The van der Waals surface area contributed by atoms with E-state index in [0.717, 1.165) is 22.4 Å². The first kappa shape index (κ1) is 10.5. The number of hydrogen-bond acceptors (Lipinski definition) is 4. The van der Waals surface area contributed by atoms with E-state index in [1.165, 1.54) is 6.33 Å². The van der Waals surface area contributed by atoms with Crippen LogP contribution in [0.15, 0.2) is 49.1 Å². The van der Waals surface area contributed by atoms with Crippen LogP contribution in [0.3, 0.4) is 0 Å². The van der Waals surface area contributed by atoms with E-state index in [1.807, 2.05) is 30.3 Å². The van der Waals surface area contributed by atoms with Gasteiger partial charge in [-0.15, -0.1) is 0 Å². The molecule has 88 valence electrons. The second-order valence-electron chi connectivity index (χ2n) is 3.85. The van der Waals surface area contributed by atoms with E-state index in [2.05, 4.69) is 20.2 Å². The van der Waals surface area contributed by atoms with Gasteiger partial charge in [0.05, 0.1) is 11.3 Å². The largest absolute Gasteiger partial charge is 0.382 e. The Morgan fingerprint density at radius 2 is 1.67 bits per heavy atom. The van der Waals surface area contributed by atoms with Gasteiger partial charge in [0.1, 0.15) is 6.33 Å². The zero-order chi connectivity index (χ0) is 12.4. The minimum absolute atomic E-state index is 0.472. The first-order valence-corrected chi connectivity index (χ1v) is 5.51. The van der Waals surface area contributed by atoms with Gasteiger partial charge < -0.3 is 5.73 Å². The molecule has 0 saturated carbocycles. The van der Waals surface area contributed by atoms with Crippen molar-refractivity contribution in [2.24, 2.45) is 0 Å². The molecule has 5 heteroatoms. The van der Waals surface area contributed by atoms with Crippen LogP contribution in [0.1, 0.15) is 0 Å². The fraction of sp³-hybridized carbons (Fsp3) is 0. The molecule has 0 amide bonds. The molecular weight excluding hydrogens is 226 g/mol. The van der Waals surface area contributed by atoms with Crippen molar-refractivity contribution in [3.8, 4) is 22.4 Å². The average Bonchev–Trinajstić information content (AvgIpc) is 2.83. The van der Waals surface area contributed by atoms with E-state index in [-0.39, 0.29) is 0 Å². The van der Waals surface area contributed by atoms with Crippen molar-refractivity contribution in [2.45, 2.75) is 0 Å². The predicted molar refractivity (Wildman–Crippen MR) is 69.5 cm³/mol. The van der Waals surface area contributed by atoms with Crippen molar-refractivity contribution in [3.63, 3.8) is 0 Å². The Balaban J connectivity index is 2.19. The molecule has 0 atom stereocenters. The number of benzene rings is 1. The molecule has 18 heavy (non-hydrogen) atoms. The number of aromatic amines is 1.